The normalized spacial score (nSPS) is 22.9. The van der Waals surface area contributed by atoms with Gasteiger partial charge < -0.3 is 0 Å². The number of nitrogens with one attached hydrogen (secondary N) is 1. The van der Waals surface area contributed by atoms with Gasteiger partial charge in [0.2, 0.25) is 10.0 Å². The molecule has 1 saturated carbocycles. The molecule has 1 N–H and O–H groups in total. The van der Waals surface area contributed by atoms with E-state index in [1.165, 1.54) is 12.1 Å². The highest BCUT2D eigenvalue weighted by molar-refractivity contribution is 7.89. The molecule has 0 heterocycles. The van der Waals surface area contributed by atoms with Crippen molar-refractivity contribution in [2.75, 3.05) is 0 Å². The average Bonchev–Trinajstić information content (AvgIpc) is 2.73. The summed E-state index contributed by atoms with van der Waals surface area (Å²) in [5.41, 5.74) is -0.297. The third-order valence-electron chi connectivity index (χ3n) is 3.43. The number of halogens is 1. The smallest absolute Gasteiger partial charge is 0.258 e. The van der Waals surface area contributed by atoms with Crippen LogP contribution in [0.4, 0.5) is 5.69 Å². The minimum Gasteiger partial charge on any atom is -0.258 e. The van der Waals surface area contributed by atoms with Crippen LogP contribution in [0.3, 0.4) is 0 Å². The second-order valence-electron chi connectivity index (χ2n) is 5.11. The van der Waals surface area contributed by atoms with E-state index < -0.39 is 14.9 Å². The quantitative estimate of drug-likeness (QED) is 0.682. The fraction of sp³-hybridized carbons (Fsp3) is 0.500. The van der Waals surface area contributed by atoms with Crippen LogP contribution in [0.2, 0.25) is 5.02 Å². The summed E-state index contributed by atoms with van der Waals surface area (Å²) in [6.07, 6.45) is 2.51. The molecule has 2 rings (SSSR count). The Labute approximate surface area is 122 Å². The fourth-order valence-electron chi connectivity index (χ4n) is 2.41. The number of sulfonamides is 1. The van der Waals surface area contributed by atoms with Gasteiger partial charge in [-0.25, -0.2) is 13.1 Å². The van der Waals surface area contributed by atoms with Gasteiger partial charge in [0.15, 0.2) is 0 Å². The largest absolute Gasteiger partial charge is 0.270 e. The third kappa shape index (κ3) is 3.28. The Morgan fingerprint density at radius 2 is 2.10 bits per heavy atom. The van der Waals surface area contributed by atoms with Gasteiger partial charge >= 0.3 is 0 Å². The van der Waals surface area contributed by atoms with Crippen molar-refractivity contribution in [1.29, 1.82) is 0 Å². The van der Waals surface area contributed by atoms with Gasteiger partial charge in [0.25, 0.3) is 5.69 Å². The molecule has 0 aromatic heterocycles. The summed E-state index contributed by atoms with van der Waals surface area (Å²) in [6, 6.07) is 3.26. The van der Waals surface area contributed by atoms with Gasteiger partial charge in [-0.3, -0.25) is 10.1 Å². The minimum absolute atomic E-state index is 0.0193. The van der Waals surface area contributed by atoms with Crippen molar-refractivity contribution < 1.29 is 13.3 Å². The van der Waals surface area contributed by atoms with Crippen LogP contribution in [0.1, 0.15) is 26.2 Å². The third-order valence-corrected chi connectivity index (χ3v) is 5.43. The van der Waals surface area contributed by atoms with Crippen LogP contribution in [0, 0.1) is 16.0 Å². The summed E-state index contributed by atoms with van der Waals surface area (Å²) in [5, 5.41) is 10.7. The molecule has 0 radical (unpaired) electrons. The lowest BCUT2D eigenvalue weighted by Gasteiger charge is -2.13. The standard InChI is InChI=1S/C12H15ClN2O4S/c1-8-2-3-9(6-8)14-20(18,19)12-7-10(15(16)17)4-5-11(12)13/h4-5,7-9,14H,2-3,6H2,1H3. The van der Waals surface area contributed by atoms with Gasteiger partial charge in [0.1, 0.15) is 4.90 Å². The first-order valence-electron chi connectivity index (χ1n) is 6.26. The molecule has 0 bridgehead atoms. The van der Waals surface area contributed by atoms with E-state index in [0.717, 1.165) is 25.3 Å². The van der Waals surface area contributed by atoms with E-state index in [0.29, 0.717) is 5.92 Å². The molecule has 1 aliphatic carbocycles. The van der Waals surface area contributed by atoms with Crippen LogP contribution in [-0.4, -0.2) is 19.4 Å². The highest BCUT2D eigenvalue weighted by Crippen LogP contribution is 2.29. The van der Waals surface area contributed by atoms with E-state index in [-0.39, 0.29) is 21.6 Å². The number of non-ortho nitro benzene ring substituents is 1. The van der Waals surface area contributed by atoms with Gasteiger partial charge in [-0.15, -0.1) is 0 Å². The number of rotatable bonds is 4. The summed E-state index contributed by atoms with van der Waals surface area (Å²) >= 11 is 5.86. The maximum atomic E-state index is 12.3. The van der Waals surface area contributed by atoms with Crippen molar-refractivity contribution in [2.45, 2.75) is 37.1 Å². The molecule has 0 saturated heterocycles. The average molecular weight is 319 g/mol. The first-order valence-corrected chi connectivity index (χ1v) is 8.12. The molecule has 0 aliphatic heterocycles. The number of benzene rings is 1. The molecule has 0 amide bonds. The van der Waals surface area contributed by atoms with Crippen molar-refractivity contribution in [3.63, 3.8) is 0 Å². The molecule has 1 aromatic carbocycles. The molecule has 110 valence electrons. The van der Waals surface area contributed by atoms with Crippen LogP contribution in [-0.2, 0) is 10.0 Å². The zero-order valence-electron chi connectivity index (χ0n) is 10.9. The van der Waals surface area contributed by atoms with Crippen LogP contribution in [0.25, 0.3) is 0 Å². The second-order valence-corrected chi connectivity index (χ2v) is 7.20. The van der Waals surface area contributed by atoms with Gasteiger partial charge in [0, 0.05) is 18.2 Å². The Morgan fingerprint density at radius 3 is 2.65 bits per heavy atom. The monoisotopic (exact) mass is 318 g/mol. The predicted octanol–water partition coefficient (Wildman–Crippen LogP) is 2.72. The second kappa shape index (κ2) is 5.67. The number of nitrogens with zero attached hydrogens (tertiary/aromatic N) is 1. The molecule has 0 spiro atoms. The van der Waals surface area contributed by atoms with E-state index in [2.05, 4.69) is 11.6 Å². The van der Waals surface area contributed by atoms with Crippen molar-refractivity contribution >= 4 is 27.3 Å². The summed E-state index contributed by atoms with van der Waals surface area (Å²) in [6.45, 7) is 2.06. The molecule has 6 nitrogen and oxygen atoms in total. The van der Waals surface area contributed by atoms with E-state index >= 15 is 0 Å². The minimum atomic E-state index is -3.84. The molecule has 1 fully saturated rings. The number of nitro groups is 1. The van der Waals surface area contributed by atoms with E-state index in [1.54, 1.807) is 0 Å². The first-order chi connectivity index (χ1) is 9.29. The number of hydrogen-bond donors (Lipinski definition) is 1. The maximum Gasteiger partial charge on any atom is 0.270 e. The maximum absolute atomic E-state index is 12.3. The highest BCUT2D eigenvalue weighted by Gasteiger charge is 2.28. The fourth-order valence-corrected chi connectivity index (χ4v) is 4.21. The number of nitro benzene ring substituents is 1. The van der Waals surface area contributed by atoms with Crippen LogP contribution >= 0.6 is 11.6 Å². The molecular formula is C12H15ClN2O4S. The highest BCUT2D eigenvalue weighted by atomic mass is 35.5. The van der Waals surface area contributed by atoms with E-state index in [9.17, 15) is 18.5 Å². The Bertz CT molecular complexity index is 632. The first kappa shape index (κ1) is 15.2. The Morgan fingerprint density at radius 1 is 1.40 bits per heavy atom. The van der Waals surface area contributed by atoms with Crippen molar-refractivity contribution in [1.82, 2.24) is 4.72 Å². The lowest BCUT2D eigenvalue weighted by atomic mass is 10.1. The molecule has 1 aliphatic rings. The SMILES string of the molecule is CC1CCC(NS(=O)(=O)c2cc([N+](=O)[O-])ccc2Cl)C1. The molecule has 1 aromatic rings. The van der Waals surface area contributed by atoms with Crippen molar-refractivity contribution in [3.05, 3.63) is 33.3 Å². The summed E-state index contributed by atoms with van der Waals surface area (Å²) < 4.78 is 27.1. The zero-order chi connectivity index (χ0) is 14.9. The topological polar surface area (TPSA) is 89.3 Å². The summed E-state index contributed by atoms with van der Waals surface area (Å²) in [4.78, 5) is 9.84. The lowest BCUT2D eigenvalue weighted by Crippen LogP contribution is -2.33. The molecule has 2 unspecified atom stereocenters. The van der Waals surface area contributed by atoms with E-state index in [1.807, 2.05) is 0 Å². The Kier molecular flexibility index (Phi) is 4.31. The molecule has 2 atom stereocenters. The van der Waals surface area contributed by atoms with Crippen LogP contribution in [0.15, 0.2) is 23.1 Å². The van der Waals surface area contributed by atoms with E-state index in [4.69, 9.17) is 11.6 Å². The zero-order valence-corrected chi connectivity index (χ0v) is 12.4. The lowest BCUT2D eigenvalue weighted by molar-refractivity contribution is -0.385. The summed E-state index contributed by atoms with van der Waals surface area (Å²) in [5.74, 6) is 0.475. The molecular weight excluding hydrogens is 304 g/mol. The number of hydrogen-bond acceptors (Lipinski definition) is 4. The van der Waals surface area contributed by atoms with Gasteiger partial charge in [-0.2, -0.15) is 0 Å². The van der Waals surface area contributed by atoms with Crippen molar-refractivity contribution in [3.8, 4) is 0 Å². The van der Waals surface area contributed by atoms with Crippen LogP contribution < -0.4 is 4.72 Å². The Hall–Kier alpha value is -1.18. The Balaban J connectivity index is 2.29. The van der Waals surface area contributed by atoms with Gasteiger partial charge in [-0.1, -0.05) is 18.5 Å². The summed E-state index contributed by atoms with van der Waals surface area (Å²) in [7, 11) is -3.84. The molecule has 8 heteroatoms. The van der Waals surface area contributed by atoms with Gasteiger partial charge in [0.05, 0.1) is 9.95 Å². The predicted molar refractivity (Wildman–Crippen MR) is 75.2 cm³/mol. The van der Waals surface area contributed by atoms with Crippen molar-refractivity contribution in [2.24, 2.45) is 5.92 Å². The van der Waals surface area contributed by atoms with Gasteiger partial charge in [-0.05, 0) is 31.2 Å². The molecule has 20 heavy (non-hydrogen) atoms. The van der Waals surface area contributed by atoms with Crippen LogP contribution in [0.5, 0.6) is 0 Å².